The van der Waals surface area contributed by atoms with E-state index in [2.05, 4.69) is 10.3 Å². The molecular formula is C10H15N3O2. The number of nitrogens with one attached hydrogen (secondary N) is 1. The Balaban J connectivity index is 2.47. The summed E-state index contributed by atoms with van der Waals surface area (Å²) in [5.74, 6) is 0.137. The van der Waals surface area contributed by atoms with Gasteiger partial charge in [0.15, 0.2) is 0 Å². The van der Waals surface area contributed by atoms with Crippen LogP contribution in [0, 0.1) is 0 Å². The molecule has 0 atom stereocenters. The Morgan fingerprint density at radius 2 is 2.40 bits per heavy atom. The zero-order valence-corrected chi connectivity index (χ0v) is 8.69. The zero-order valence-electron chi connectivity index (χ0n) is 8.69. The van der Waals surface area contributed by atoms with Gasteiger partial charge in [-0.25, -0.2) is 4.98 Å². The zero-order chi connectivity index (χ0) is 11.1. The van der Waals surface area contributed by atoms with Gasteiger partial charge in [-0.3, -0.25) is 4.79 Å². The van der Waals surface area contributed by atoms with E-state index in [-0.39, 0.29) is 5.69 Å². The third kappa shape index (κ3) is 3.95. The maximum atomic E-state index is 10.8. The lowest BCUT2D eigenvalue weighted by Gasteiger charge is -2.05. The van der Waals surface area contributed by atoms with E-state index in [0.717, 1.165) is 13.0 Å². The van der Waals surface area contributed by atoms with Crippen molar-refractivity contribution >= 4 is 11.7 Å². The Kier molecular flexibility index (Phi) is 4.56. The van der Waals surface area contributed by atoms with E-state index in [0.29, 0.717) is 12.4 Å². The number of primary amides is 1. The number of nitrogens with two attached hydrogens (primary N) is 1. The van der Waals surface area contributed by atoms with Gasteiger partial charge in [-0.1, -0.05) is 6.07 Å². The van der Waals surface area contributed by atoms with Crippen molar-refractivity contribution in [1.29, 1.82) is 0 Å². The number of aromatic nitrogens is 1. The maximum Gasteiger partial charge on any atom is 0.267 e. The first-order valence-corrected chi connectivity index (χ1v) is 4.73. The number of carbonyl (C=O) groups excluding carboxylic acids is 1. The Bertz CT molecular complexity index is 328. The summed E-state index contributed by atoms with van der Waals surface area (Å²) in [6.07, 6.45) is 0.888. The molecule has 3 N–H and O–H groups in total. The van der Waals surface area contributed by atoms with Gasteiger partial charge in [0.25, 0.3) is 5.91 Å². The van der Waals surface area contributed by atoms with Crippen LogP contribution < -0.4 is 11.1 Å². The smallest absolute Gasteiger partial charge is 0.267 e. The number of anilines is 1. The number of hydrogen-bond donors (Lipinski definition) is 2. The lowest BCUT2D eigenvalue weighted by molar-refractivity contribution is 0.0995. The fraction of sp³-hybridized carbons (Fsp3) is 0.400. The van der Waals surface area contributed by atoms with Crippen LogP contribution in [0.3, 0.4) is 0 Å². The molecule has 0 aliphatic rings. The molecule has 0 saturated carbocycles. The molecule has 15 heavy (non-hydrogen) atoms. The van der Waals surface area contributed by atoms with E-state index in [1.54, 1.807) is 25.3 Å². The van der Waals surface area contributed by atoms with Crippen molar-refractivity contribution < 1.29 is 9.53 Å². The molecule has 0 aliphatic heterocycles. The van der Waals surface area contributed by atoms with Crippen LogP contribution in [-0.2, 0) is 4.74 Å². The third-order valence-electron chi connectivity index (χ3n) is 1.83. The summed E-state index contributed by atoms with van der Waals surface area (Å²) in [5, 5.41) is 3.08. The van der Waals surface area contributed by atoms with Crippen molar-refractivity contribution in [3.8, 4) is 0 Å². The van der Waals surface area contributed by atoms with E-state index in [1.165, 1.54) is 0 Å². The second-order valence-electron chi connectivity index (χ2n) is 3.05. The highest BCUT2D eigenvalue weighted by Gasteiger charge is 2.01. The standard InChI is InChI=1S/C10H15N3O2/c1-15-7-3-6-12-9-5-2-4-8(13-9)10(11)14/h2,4-5H,3,6-7H2,1H3,(H2,11,14)(H,12,13). The molecule has 1 heterocycles. The van der Waals surface area contributed by atoms with Crippen molar-refractivity contribution in [1.82, 2.24) is 4.98 Å². The van der Waals surface area contributed by atoms with Crippen LogP contribution in [0.2, 0.25) is 0 Å². The monoisotopic (exact) mass is 209 g/mol. The highest BCUT2D eigenvalue weighted by Crippen LogP contribution is 2.04. The minimum atomic E-state index is -0.518. The van der Waals surface area contributed by atoms with Crippen LogP contribution in [0.1, 0.15) is 16.9 Å². The second kappa shape index (κ2) is 5.98. The summed E-state index contributed by atoms with van der Waals surface area (Å²) in [5.41, 5.74) is 5.38. The number of carbonyl (C=O) groups is 1. The van der Waals surface area contributed by atoms with E-state index < -0.39 is 5.91 Å². The largest absolute Gasteiger partial charge is 0.385 e. The van der Waals surface area contributed by atoms with E-state index in [4.69, 9.17) is 10.5 Å². The molecule has 0 fully saturated rings. The fourth-order valence-corrected chi connectivity index (χ4v) is 1.10. The van der Waals surface area contributed by atoms with Gasteiger partial charge in [-0.2, -0.15) is 0 Å². The van der Waals surface area contributed by atoms with E-state index >= 15 is 0 Å². The summed E-state index contributed by atoms with van der Waals surface area (Å²) in [6.45, 7) is 1.45. The summed E-state index contributed by atoms with van der Waals surface area (Å²) in [6, 6.07) is 5.12. The molecule has 0 aliphatic carbocycles. The van der Waals surface area contributed by atoms with Crippen LogP contribution in [0.25, 0.3) is 0 Å². The molecule has 1 aromatic rings. The molecule has 0 saturated heterocycles. The molecule has 82 valence electrons. The van der Waals surface area contributed by atoms with Gasteiger partial charge in [-0.05, 0) is 18.6 Å². The van der Waals surface area contributed by atoms with Crippen molar-refractivity contribution in [2.75, 3.05) is 25.6 Å². The molecule has 0 aromatic carbocycles. The normalized spacial score (nSPS) is 9.93. The van der Waals surface area contributed by atoms with Crippen molar-refractivity contribution in [2.24, 2.45) is 5.73 Å². The molecule has 1 aromatic heterocycles. The SMILES string of the molecule is COCCCNc1cccc(C(N)=O)n1. The minimum Gasteiger partial charge on any atom is -0.385 e. The van der Waals surface area contributed by atoms with Crippen LogP contribution in [0.5, 0.6) is 0 Å². The van der Waals surface area contributed by atoms with E-state index in [1.807, 2.05) is 0 Å². The molecule has 5 nitrogen and oxygen atoms in total. The topological polar surface area (TPSA) is 77.2 Å². The number of nitrogens with zero attached hydrogens (tertiary/aromatic N) is 1. The first-order chi connectivity index (χ1) is 7.24. The lowest BCUT2D eigenvalue weighted by atomic mass is 10.3. The highest BCUT2D eigenvalue weighted by molar-refractivity contribution is 5.91. The van der Waals surface area contributed by atoms with Crippen LogP contribution >= 0.6 is 0 Å². The van der Waals surface area contributed by atoms with Crippen molar-refractivity contribution in [3.05, 3.63) is 23.9 Å². The molecular weight excluding hydrogens is 194 g/mol. The molecule has 1 rings (SSSR count). The van der Waals surface area contributed by atoms with Crippen molar-refractivity contribution in [3.63, 3.8) is 0 Å². The average molecular weight is 209 g/mol. The Morgan fingerprint density at radius 3 is 3.07 bits per heavy atom. The predicted molar refractivity (Wildman–Crippen MR) is 57.7 cm³/mol. The average Bonchev–Trinajstić information content (AvgIpc) is 2.25. The van der Waals surface area contributed by atoms with Crippen LogP contribution in [0.15, 0.2) is 18.2 Å². The lowest BCUT2D eigenvalue weighted by Crippen LogP contribution is -2.14. The van der Waals surface area contributed by atoms with E-state index in [9.17, 15) is 4.79 Å². The number of pyridine rings is 1. The molecule has 5 heteroatoms. The summed E-state index contributed by atoms with van der Waals surface area (Å²) in [7, 11) is 1.66. The third-order valence-corrected chi connectivity index (χ3v) is 1.83. The first-order valence-electron chi connectivity index (χ1n) is 4.73. The molecule has 0 spiro atoms. The molecule has 0 unspecified atom stereocenters. The van der Waals surface area contributed by atoms with Gasteiger partial charge < -0.3 is 15.8 Å². The molecule has 0 bridgehead atoms. The van der Waals surface area contributed by atoms with Gasteiger partial charge in [0.05, 0.1) is 0 Å². The second-order valence-corrected chi connectivity index (χ2v) is 3.05. The number of rotatable bonds is 6. The number of hydrogen-bond acceptors (Lipinski definition) is 4. The maximum absolute atomic E-state index is 10.8. The number of ether oxygens (including phenoxy) is 1. The molecule has 1 amide bonds. The van der Waals surface area contributed by atoms with Crippen LogP contribution in [0.4, 0.5) is 5.82 Å². The Labute approximate surface area is 88.6 Å². The number of amides is 1. The van der Waals surface area contributed by atoms with Gasteiger partial charge in [0.2, 0.25) is 0 Å². The number of methoxy groups -OCH3 is 1. The molecule has 0 radical (unpaired) electrons. The highest BCUT2D eigenvalue weighted by atomic mass is 16.5. The summed E-state index contributed by atoms with van der Waals surface area (Å²) in [4.78, 5) is 14.9. The van der Waals surface area contributed by atoms with Gasteiger partial charge in [-0.15, -0.1) is 0 Å². The predicted octanol–water partition coefficient (Wildman–Crippen LogP) is 0.629. The van der Waals surface area contributed by atoms with Crippen LogP contribution in [-0.4, -0.2) is 31.2 Å². The minimum absolute atomic E-state index is 0.270. The fourth-order valence-electron chi connectivity index (χ4n) is 1.10. The summed E-state index contributed by atoms with van der Waals surface area (Å²) >= 11 is 0. The Hall–Kier alpha value is -1.62. The first kappa shape index (κ1) is 11.5. The van der Waals surface area contributed by atoms with Gasteiger partial charge >= 0.3 is 0 Å². The van der Waals surface area contributed by atoms with Gasteiger partial charge in [0.1, 0.15) is 11.5 Å². The quantitative estimate of drug-likeness (QED) is 0.674. The summed E-state index contributed by atoms with van der Waals surface area (Å²) < 4.78 is 4.91. The Morgan fingerprint density at radius 1 is 1.60 bits per heavy atom. The van der Waals surface area contributed by atoms with Crippen molar-refractivity contribution in [2.45, 2.75) is 6.42 Å². The van der Waals surface area contributed by atoms with Gasteiger partial charge in [0, 0.05) is 20.3 Å².